The van der Waals surface area contributed by atoms with Crippen molar-refractivity contribution in [2.45, 2.75) is 33.1 Å². The third-order valence-corrected chi connectivity index (χ3v) is 8.87. The fourth-order valence-corrected chi connectivity index (χ4v) is 7.05. The summed E-state index contributed by atoms with van der Waals surface area (Å²) in [5.41, 5.74) is 3.47. The molecule has 114 valence electrons. The van der Waals surface area contributed by atoms with Crippen LogP contribution in [0, 0.1) is 25.2 Å². The summed E-state index contributed by atoms with van der Waals surface area (Å²) in [5.74, 6) is 0.155. The molecular weight excluding hydrogens is 279 g/mol. The van der Waals surface area contributed by atoms with Crippen LogP contribution in [0.4, 0.5) is 5.69 Å². The van der Waals surface area contributed by atoms with Crippen LogP contribution in [0.3, 0.4) is 0 Å². The fourth-order valence-electron chi connectivity index (χ4n) is 3.38. The van der Waals surface area contributed by atoms with Crippen LogP contribution in [0.2, 0.25) is 0 Å². The van der Waals surface area contributed by atoms with Gasteiger partial charge in [-0.25, -0.2) is 0 Å². The number of anilines is 1. The number of carbonyl (C=O) groups is 1. The van der Waals surface area contributed by atoms with E-state index in [4.69, 9.17) is 5.26 Å². The number of carbonyl (C=O) groups excluding carboxylic acids is 1. The molecule has 1 aliphatic rings. The zero-order chi connectivity index (χ0) is 15.5. The van der Waals surface area contributed by atoms with E-state index in [1.807, 2.05) is 26.0 Å². The molecule has 0 bridgehead atoms. The molecule has 1 heterocycles. The van der Waals surface area contributed by atoms with Gasteiger partial charge < -0.3 is 0 Å². The molecule has 1 aliphatic heterocycles. The second-order valence-electron chi connectivity index (χ2n) is 6.69. The Kier molecular flexibility index (Phi) is 5.01. The summed E-state index contributed by atoms with van der Waals surface area (Å²) in [6.45, 7) is 6.26. The summed E-state index contributed by atoms with van der Waals surface area (Å²) in [7, 11) is -1.37. The van der Waals surface area contributed by atoms with Crippen LogP contribution < -0.4 is 5.32 Å². The molecule has 2 rings (SSSR count). The minimum atomic E-state index is -1.37. The van der Waals surface area contributed by atoms with Gasteiger partial charge in [0, 0.05) is 0 Å². The van der Waals surface area contributed by atoms with E-state index in [-0.39, 0.29) is 5.91 Å². The van der Waals surface area contributed by atoms with Crippen LogP contribution in [0.5, 0.6) is 0 Å². The van der Waals surface area contributed by atoms with Crippen molar-refractivity contribution in [3.63, 3.8) is 0 Å². The molecule has 0 atom stereocenters. The number of amides is 1. The van der Waals surface area contributed by atoms with E-state index in [2.05, 4.69) is 18.1 Å². The Balaban J connectivity index is 2.08. The van der Waals surface area contributed by atoms with Crippen LogP contribution >= 0.6 is 7.26 Å². The number of benzene rings is 1. The molecule has 1 fully saturated rings. The van der Waals surface area contributed by atoms with Crippen molar-refractivity contribution in [1.29, 1.82) is 5.26 Å². The van der Waals surface area contributed by atoms with Crippen LogP contribution in [0.25, 0.3) is 0 Å². The molecular formula is C17H25N2OP. The van der Waals surface area contributed by atoms with Crippen molar-refractivity contribution in [3.8, 4) is 6.07 Å². The first kappa shape index (κ1) is 16.0. The van der Waals surface area contributed by atoms with E-state index in [1.165, 1.54) is 31.6 Å². The molecule has 3 nitrogen and oxygen atoms in total. The van der Waals surface area contributed by atoms with Crippen molar-refractivity contribution in [3.05, 3.63) is 28.8 Å². The van der Waals surface area contributed by atoms with Gasteiger partial charge in [0.15, 0.2) is 0 Å². The second kappa shape index (κ2) is 6.58. The monoisotopic (exact) mass is 304 g/mol. The van der Waals surface area contributed by atoms with Gasteiger partial charge in [0.1, 0.15) is 0 Å². The SMILES string of the molecule is Cc1cc(C#N)cc(C)c1NC(=O)C[PH]1(C)CCCCC1. The maximum atomic E-state index is 12.4. The summed E-state index contributed by atoms with van der Waals surface area (Å²) < 4.78 is 0. The van der Waals surface area contributed by atoms with E-state index in [9.17, 15) is 4.79 Å². The van der Waals surface area contributed by atoms with Gasteiger partial charge >= 0.3 is 127 Å². The Labute approximate surface area is 128 Å². The summed E-state index contributed by atoms with van der Waals surface area (Å²) in [6.07, 6.45) is 7.22. The molecule has 1 amide bonds. The molecule has 0 spiro atoms. The molecule has 0 aromatic heterocycles. The molecule has 1 aromatic rings. The van der Waals surface area contributed by atoms with Gasteiger partial charge in [-0.05, 0) is 0 Å². The Hall–Kier alpha value is -1.39. The number of rotatable bonds is 3. The average molecular weight is 304 g/mol. The average Bonchev–Trinajstić information content (AvgIpc) is 2.42. The fraction of sp³-hybridized carbons (Fsp3) is 0.529. The Morgan fingerprint density at radius 1 is 1.24 bits per heavy atom. The zero-order valence-electron chi connectivity index (χ0n) is 13.3. The van der Waals surface area contributed by atoms with Gasteiger partial charge in [-0.1, -0.05) is 0 Å². The quantitative estimate of drug-likeness (QED) is 0.866. The number of nitrogens with zero attached hydrogens (tertiary/aromatic N) is 1. The Bertz CT molecular complexity index is 560. The number of nitrogens with one attached hydrogen (secondary N) is 1. The first-order valence-electron chi connectivity index (χ1n) is 7.75. The molecule has 0 unspecified atom stereocenters. The topological polar surface area (TPSA) is 52.9 Å². The van der Waals surface area contributed by atoms with Gasteiger partial charge in [-0.15, -0.1) is 0 Å². The predicted octanol–water partition coefficient (Wildman–Crippen LogP) is 3.68. The Morgan fingerprint density at radius 2 is 1.81 bits per heavy atom. The maximum absolute atomic E-state index is 12.4. The van der Waals surface area contributed by atoms with Gasteiger partial charge in [0.05, 0.1) is 0 Å². The minimum absolute atomic E-state index is 0.155. The molecule has 0 saturated carbocycles. The van der Waals surface area contributed by atoms with Crippen molar-refractivity contribution in [1.82, 2.24) is 0 Å². The van der Waals surface area contributed by atoms with Crippen molar-refractivity contribution in [2.24, 2.45) is 0 Å². The normalized spacial score (nSPS) is 18.6. The molecule has 0 radical (unpaired) electrons. The first-order valence-corrected chi connectivity index (χ1v) is 10.9. The van der Waals surface area contributed by atoms with Gasteiger partial charge in [0.2, 0.25) is 0 Å². The van der Waals surface area contributed by atoms with Gasteiger partial charge in [0.25, 0.3) is 0 Å². The first-order chi connectivity index (χ1) is 9.93. The summed E-state index contributed by atoms with van der Waals surface area (Å²) in [5, 5.41) is 12.1. The molecule has 1 saturated heterocycles. The van der Waals surface area contributed by atoms with E-state index >= 15 is 0 Å². The molecule has 1 N–H and O–H groups in total. The van der Waals surface area contributed by atoms with Crippen LogP contribution in [0.15, 0.2) is 12.1 Å². The predicted molar refractivity (Wildman–Crippen MR) is 92.0 cm³/mol. The summed E-state index contributed by atoms with van der Waals surface area (Å²) in [4.78, 5) is 12.4. The van der Waals surface area contributed by atoms with Crippen molar-refractivity contribution < 1.29 is 4.79 Å². The van der Waals surface area contributed by atoms with E-state index in [0.717, 1.165) is 23.0 Å². The third-order valence-electron chi connectivity index (χ3n) is 4.57. The molecule has 4 heteroatoms. The molecule has 0 aliphatic carbocycles. The summed E-state index contributed by atoms with van der Waals surface area (Å²) in [6, 6.07) is 5.83. The van der Waals surface area contributed by atoms with Gasteiger partial charge in [-0.3, -0.25) is 0 Å². The second-order valence-corrected chi connectivity index (χ2v) is 11.7. The van der Waals surface area contributed by atoms with Crippen molar-refractivity contribution >= 4 is 18.9 Å². The van der Waals surface area contributed by atoms with Crippen LogP contribution in [-0.4, -0.2) is 31.1 Å². The third kappa shape index (κ3) is 4.05. The number of aryl methyl sites for hydroxylation is 2. The van der Waals surface area contributed by atoms with E-state index in [0.29, 0.717) is 5.56 Å². The standard InChI is InChI=1S/C17H25N2OP/c1-13-9-15(11-18)10-14(2)17(13)19-16(20)12-21(3)7-5-4-6-8-21/h9-10,21H,4-8,12H2,1-3H3,(H,19,20). The van der Waals surface area contributed by atoms with E-state index < -0.39 is 7.26 Å². The zero-order valence-corrected chi connectivity index (χ0v) is 14.3. The van der Waals surface area contributed by atoms with Crippen LogP contribution in [-0.2, 0) is 4.79 Å². The number of hydrogen-bond donors (Lipinski definition) is 1. The van der Waals surface area contributed by atoms with Gasteiger partial charge in [-0.2, -0.15) is 0 Å². The Morgan fingerprint density at radius 3 is 2.33 bits per heavy atom. The van der Waals surface area contributed by atoms with E-state index in [1.54, 1.807) is 0 Å². The molecule has 21 heavy (non-hydrogen) atoms. The summed E-state index contributed by atoms with van der Waals surface area (Å²) >= 11 is 0. The molecule has 1 aromatic carbocycles. The number of hydrogen-bond acceptors (Lipinski definition) is 2. The number of nitriles is 1. The van der Waals surface area contributed by atoms with Crippen molar-refractivity contribution in [2.75, 3.05) is 30.5 Å². The van der Waals surface area contributed by atoms with Crippen LogP contribution in [0.1, 0.15) is 36.0 Å².